The van der Waals surface area contributed by atoms with Crippen LogP contribution in [0.1, 0.15) is 67.2 Å². The number of nitrogens with zero attached hydrogens (tertiary/aromatic N) is 6. The molecule has 3 aromatic carbocycles. The van der Waals surface area contributed by atoms with Gasteiger partial charge in [-0.2, -0.15) is 5.21 Å². The fourth-order valence-electron chi connectivity index (χ4n) is 5.38. The van der Waals surface area contributed by atoms with Crippen LogP contribution in [0.15, 0.2) is 66.7 Å². The molecule has 0 radical (unpaired) electrons. The maximum atomic E-state index is 13.5. The van der Waals surface area contributed by atoms with E-state index in [0.29, 0.717) is 37.3 Å². The maximum Gasteiger partial charge on any atom is 0.294 e. The summed E-state index contributed by atoms with van der Waals surface area (Å²) in [6.07, 6.45) is 3.85. The van der Waals surface area contributed by atoms with Crippen molar-refractivity contribution in [1.29, 1.82) is 0 Å². The molecule has 0 saturated heterocycles. The zero-order valence-corrected chi connectivity index (χ0v) is 25.6. The first-order valence-corrected chi connectivity index (χ1v) is 15.4. The molecule has 0 aliphatic heterocycles. The number of rotatable bonds is 17. The Bertz CT molecular complexity index is 1780. The number of hydrogen-bond acceptors (Lipinski definition) is 9. The average molecular weight is 625 g/mol. The van der Waals surface area contributed by atoms with Crippen LogP contribution >= 0.6 is 0 Å². The molecule has 0 aliphatic rings. The standard InChI is InChI=1S/C33H36N8O5/c1-2-3-13-30-35-28-12-8-11-27(29(42)18-19-31(43)34-20-6-7-21-46-41(44)45)32(28)40(30)22-23-14-16-24(17-15-23)25-9-4-5-10-26(25)33-36-38-39-37-33/h4-5,8-12,14-17H,2-3,6-7,13,18-22H2,1H3,(H,34,43)(H,36,37,38,39). The Kier molecular flexibility index (Phi) is 10.8. The zero-order valence-electron chi connectivity index (χ0n) is 25.6. The van der Waals surface area contributed by atoms with Crippen LogP contribution in [0.3, 0.4) is 0 Å². The van der Waals surface area contributed by atoms with Crippen LogP contribution in [-0.2, 0) is 22.6 Å². The van der Waals surface area contributed by atoms with Gasteiger partial charge in [0.15, 0.2) is 5.78 Å². The van der Waals surface area contributed by atoms with Gasteiger partial charge in [-0.25, -0.2) is 4.98 Å². The predicted molar refractivity (Wildman–Crippen MR) is 171 cm³/mol. The molecule has 1 amide bonds. The van der Waals surface area contributed by atoms with E-state index >= 15 is 0 Å². The van der Waals surface area contributed by atoms with E-state index < -0.39 is 5.09 Å². The second kappa shape index (κ2) is 15.5. The second-order valence-corrected chi connectivity index (χ2v) is 10.9. The average Bonchev–Trinajstić information content (AvgIpc) is 3.73. The molecule has 0 atom stereocenters. The SMILES string of the molecule is CCCCc1nc2cccc(C(=O)CCC(=O)NCCCCO[N+](=O)[O-])c2n1Cc1ccc(-c2ccccc2-c2nn[nH]n2)cc1. The van der Waals surface area contributed by atoms with E-state index in [4.69, 9.17) is 4.98 Å². The van der Waals surface area contributed by atoms with Gasteiger partial charge in [-0.05, 0) is 53.3 Å². The number of para-hydroxylation sites is 1. The number of carbonyl (C=O) groups excluding carboxylic acids is 2. The van der Waals surface area contributed by atoms with Crippen molar-refractivity contribution in [3.63, 3.8) is 0 Å². The van der Waals surface area contributed by atoms with Gasteiger partial charge < -0.3 is 14.7 Å². The summed E-state index contributed by atoms with van der Waals surface area (Å²) in [5.74, 6) is 1.08. The number of tetrazole rings is 1. The lowest BCUT2D eigenvalue weighted by molar-refractivity contribution is -0.757. The quantitative estimate of drug-likeness (QED) is 0.0599. The number of unbranched alkanes of at least 4 members (excludes halogenated alkanes) is 2. The third-order valence-corrected chi connectivity index (χ3v) is 7.69. The minimum Gasteiger partial charge on any atom is -0.356 e. The van der Waals surface area contributed by atoms with Crippen molar-refractivity contribution in [3.05, 3.63) is 93.8 Å². The molecule has 2 N–H and O–H groups in total. The molecule has 0 saturated carbocycles. The van der Waals surface area contributed by atoms with Crippen LogP contribution in [0.5, 0.6) is 0 Å². The number of imidazole rings is 1. The molecule has 0 spiro atoms. The van der Waals surface area contributed by atoms with Gasteiger partial charge in [-0.1, -0.05) is 67.9 Å². The first-order valence-electron chi connectivity index (χ1n) is 15.4. The first kappa shape index (κ1) is 31.9. The number of Topliss-reactive ketones (excluding diaryl/α,β-unsaturated/α-hetero) is 1. The van der Waals surface area contributed by atoms with Crippen LogP contribution in [0.4, 0.5) is 0 Å². The van der Waals surface area contributed by atoms with Gasteiger partial charge in [0, 0.05) is 43.5 Å². The van der Waals surface area contributed by atoms with Crippen LogP contribution in [0, 0.1) is 10.1 Å². The van der Waals surface area contributed by atoms with Crippen molar-refractivity contribution >= 4 is 22.7 Å². The number of carbonyl (C=O) groups is 2. The summed E-state index contributed by atoms with van der Waals surface area (Å²) in [7, 11) is 0. The van der Waals surface area contributed by atoms with E-state index in [0.717, 1.165) is 58.4 Å². The number of amides is 1. The summed E-state index contributed by atoms with van der Waals surface area (Å²) in [5.41, 5.74) is 6.02. The van der Waals surface area contributed by atoms with Gasteiger partial charge in [-0.3, -0.25) is 9.59 Å². The van der Waals surface area contributed by atoms with E-state index in [9.17, 15) is 19.7 Å². The van der Waals surface area contributed by atoms with Gasteiger partial charge in [0.1, 0.15) is 5.82 Å². The Morgan fingerprint density at radius 2 is 1.78 bits per heavy atom. The second-order valence-electron chi connectivity index (χ2n) is 10.9. The van der Waals surface area contributed by atoms with Crippen LogP contribution in [0.25, 0.3) is 33.5 Å². The Morgan fingerprint density at radius 1 is 0.978 bits per heavy atom. The van der Waals surface area contributed by atoms with E-state index in [1.807, 2.05) is 36.4 Å². The number of fused-ring (bicyclic) bond motifs is 1. The molecular formula is C33H36N8O5. The van der Waals surface area contributed by atoms with Crippen molar-refractivity contribution in [2.24, 2.45) is 0 Å². The fraction of sp³-hybridized carbons (Fsp3) is 0.333. The summed E-state index contributed by atoms with van der Waals surface area (Å²) >= 11 is 0. The fourth-order valence-corrected chi connectivity index (χ4v) is 5.38. The van der Waals surface area contributed by atoms with Crippen LogP contribution in [0.2, 0.25) is 0 Å². The normalized spacial score (nSPS) is 11.1. The highest BCUT2D eigenvalue weighted by atomic mass is 16.9. The zero-order chi connectivity index (χ0) is 32.3. The van der Waals surface area contributed by atoms with Crippen molar-refractivity contribution in [2.45, 2.75) is 58.4 Å². The van der Waals surface area contributed by atoms with Gasteiger partial charge in [-0.15, -0.1) is 20.3 Å². The lowest BCUT2D eigenvalue weighted by Crippen LogP contribution is -2.25. The topological polar surface area (TPSA) is 171 Å². The minimum absolute atomic E-state index is 0.0150. The highest BCUT2D eigenvalue weighted by Gasteiger charge is 2.19. The van der Waals surface area contributed by atoms with Gasteiger partial charge in [0.25, 0.3) is 5.09 Å². The molecule has 0 fully saturated rings. The Labute approximate surface area is 265 Å². The number of H-pyrrole nitrogens is 1. The lowest BCUT2D eigenvalue weighted by atomic mass is 9.98. The number of ketones is 1. The first-order chi connectivity index (χ1) is 22.4. The molecule has 2 heterocycles. The summed E-state index contributed by atoms with van der Waals surface area (Å²) in [6, 6.07) is 21.8. The molecule has 2 aromatic heterocycles. The van der Waals surface area contributed by atoms with Crippen molar-refractivity contribution < 1.29 is 19.5 Å². The predicted octanol–water partition coefficient (Wildman–Crippen LogP) is 5.34. The van der Waals surface area contributed by atoms with E-state index in [-0.39, 0.29) is 31.1 Å². The van der Waals surface area contributed by atoms with Gasteiger partial charge in [0.2, 0.25) is 11.7 Å². The largest absolute Gasteiger partial charge is 0.356 e. The Morgan fingerprint density at radius 3 is 2.52 bits per heavy atom. The number of aromatic amines is 1. The van der Waals surface area contributed by atoms with E-state index in [2.05, 4.69) is 66.5 Å². The number of benzene rings is 3. The van der Waals surface area contributed by atoms with Crippen LogP contribution < -0.4 is 5.32 Å². The molecule has 238 valence electrons. The molecule has 46 heavy (non-hydrogen) atoms. The molecular weight excluding hydrogens is 588 g/mol. The number of aromatic nitrogens is 6. The Balaban J connectivity index is 1.32. The molecule has 0 aliphatic carbocycles. The summed E-state index contributed by atoms with van der Waals surface area (Å²) < 4.78 is 2.13. The number of aryl methyl sites for hydroxylation is 1. The van der Waals surface area contributed by atoms with E-state index in [1.165, 1.54) is 0 Å². The van der Waals surface area contributed by atoms with Crippen molar-refractivity contribution in [3.8, 4) is 22.5 Å². The van der Waals surface area contributed by atoms with Crippen molar-refractivity contribution in [1.82, 2.24) is 35.5 Å². The molecule has 0 unspecified atom stereocenters. The highest BCUT2D eigenvalue weighted by Crippen LogP contribution is 2.30. The van der Waals surface area contributed by atoms with E-state index in [1.54, 1.807) is 6.07 Å². The van der Waals surface area contributed by atoms with Crippen molar-refractivity contribution in [2.75, 3.05) is 13.2 Å². The van der Waals surface area contributed by atoms with Gasteiger partial charge >= 0.3 is 0 Å². The highest BCUT2D eigenvalue weighted by molar-refractivity contribution is 6.07. The Hall–Kier alpha value is -5.46. The molecule has 13 nitrogen and oxygen atoms in total. The third kappa shape index (κ3) is 7.97. The molecule has 0 bridgehead atoms. The third-order valence-electron chi connectivity index (χ3n) is 7.69. The summed E-state index contributed by atoms with van der Waals surface area (Å²) in [6.45, 7) is 3.02. The molecule has 5 aromatic rings. The molecule has 13 heteroatoms. The maximum absolute atomic E-state index is 13.5. The van der Waals surface area contributed by atoms with Gasteiger partial charge in [0.05, 0.1) is 17.6 Å². The lowest BCUT2D eigenvalue weighted by Gasteiger charge is -2.13. The number of hydrogen-bond donors (Lipinski definition) is 2. The molecule has 5 rings (SSSR count). The summed E-state index contributed by atoms with van der Waals surface area (Å²) in [4.78, 5) is 45.3. The summed E-state index contributed by atoms with van der Waals surface area (Å²) in [5, 5.41) is 26.7. The van der Waals surface area contributed by atoms with Crippen LogP contribution in [-0.4, -0.2) is 60.1 Å². The minimum atomic E-state index is -0.833. The monoisotopic (exact) mass is 624 g/mol. The number of nitrogens with one attached hydrogen (secondary N) is 2. The smallest absolute Gasteiger partial charge is 0.294 e.